The van der Waals surface area contributed by atoms with Gasteiger partial charge in [-0.15, -0.1) is 0 Å². The Hall–Kier alpha value is -1.00. The summed E-state index contributed by atoms with van der Waals surface area (Å²) in [5.74, 6) is 5.52. The van der Waals surface area contributed by atoms with Gasteiger partial charge in [-0.1, -0.05) is 30.4 Å². The zero-order valence-corrected chi connectivity index (χ0v) is 13.7. The van der Waals surface area contributed by atoms with Crippen molar-refractivity contribution >= 4 is 21.8 Å². The van der Waals surface area contributed by atoms with Gasteiger partial charge in [0.05, 0.1) is 11.4 Å². The van der Waals surface area contributed by atoms with Crippen molar-refractivity contribution in [3.8, 4) is 11.8 Å². The maximum atomic E-state index is 12.5. The summed E-state index contributed by atoms with van der Waals surface area (Å²) in [6.07, 6.45) is 5.33. The van der Waals surface area contributed by atoms with Gasteiger partial charge in [0.2, 0.25) is 10.0 Å². The van der Waals surface area contributed by atoms with E-state index in [4.69, 9.17) is 5.73 Å². The topological polar surface area (TPSA) is 72.2 Å². The van der Waals surface area contributed by atoms with Crippen LogP contribution in [0.15, 0.2) is 29.2 Å². The number of rotatable bonds is 5. The van der Waals surface area contributed by atoms with Crippen molar-refractivity contribution in [3.63, 3.8) is 0 Å². The summed E-state index contributed by atoms with van der Waals surface area (Å²) in [5, 5.41) is 0. The number of hydrogen-bond acceptors (Lipinski definition) is 4. The Labute approximate surface area is 130 Å². The van der Waals surface area contributed by atoms with Gasteiger partial charge in [0, 0.05) is 16.9 Å². The molecule has 1 aliphatic carbocycles. The lowest BCUT2D eigenvalue weighted by atomic mass is 9.84. The molecule has 0 heterocycles. The number of nitrogens with two attached hydrogens (primary N) is 1. The zero-order chi connectivity index (χ0) is 15.3. The van der Waals surface area contributed by atoms with E-state index in [1.54, 1.807) is 36.0 Å². The molecule has 3 N–H and O–H groups in total. The molecule has 1 aliphatic rings. The highest BCUT2D eigenvalue weighted by Gasteiger charge is 2.37. The number of benzene rings is 1. The zero-order valence-electron chi connectivity index (χ0n) is 12.1. The Balaban J connectivity index is 2.20. The van der Waals surface area contributed by atoms with Gasteiger partial charge in [-0.05, 0) is 31.2 Å². The molecule has 0 aromatic heterocycles. The molecule has 0 amide bonds. The van der Waals surface area contributed by atoms with Gasteiger partial charge in [-0.25, -0.2) is 13.1 Å². The van der Waals surface area contributed by atoms with Crippen molar-refractivity contribution < 1.29 is 8.42 Å². The average molecular weight is 324 g/mol. The lowest BCUT2D eigenvalue weighted by molar-refractivity contribution is 0.362. The molecule has 0 atom stereocenters. The molecule has 1 aromatic rings. The van der Waals surface area contributed by atoms with E-state index >= 15 is 0 Å². The van der Waals surface area contributed by atoms with E-state index in [9.17, 15) is 8.42 Å². The fourth-order valence-electron chi connectivity index (χ4n) is 2.28. The predicted molar refractivity (Wildman–Crippen MR) is 87.7 cm³/mol. The van der Waals surface area contributed by atoms with Crippen LogP contribution in [-0.2, 0) is 10.0 Å². The first-order chi connectivity index (χ1) is 10.0. The Bertz CT molecular complexity index is 650. The summed E-state index contributed by atoms with van der Waals surface area (Å²) in [6, 6.07) is 6.76. The van der Waals surface area contributed by atoms with Crippen LogP contribution in [0.1, 0.15) is 24.8 Å². The van der Waals surface area contributed by atoms with Crippen LogP contribution in [0.2, 0.25) is 0 Å². The first-order valence-electron chi connectivity index (χ1n) is 6.86. The lowest BCUT2D eigenvalue weighted by Gasteiger charge is -2.40. The first-order valence-corrected chi connectivity index (χ1v) is 9.57. The molecule has 21 heavy (non-hydrogen) atoms. The van der Waals surface area contributed by atoms with Crippen molar-refractivity contribution in [3.05, 3.63) is 29.8 Å². The molecule has 0 spiro atoms. The highest BCUT2D eigenvalue weighted by atomic mass is 32.2. The first kappa shape index (κ1) is 16.4. The molecular formula is C15H20N2O2S2. The molecule has 0 aliphatic heterocycles. The van der Waals surface area contributed by atoms with Gasteiger partial charge in [-0.3, -0.25) is 0 Å². The Morgan fingerprint density at radius 1 is 1.38 bits per heavy atom. The quantitative estimate of drug-likeness (QED) is 0.806. The maximum Gasteiger partial charge on any atom is 0.241 e. The van der Waals surface area contributed by atoms with Gasteiger partial charge >= 0.3 is 0 Å². The second-order valence-electron chi connectivity index (χ2n) is 5.07. The highest BCUT2D eigenvalue weighted by Crippen LogP contribution is 2.42. The number of sulfonamides is 1. The molecule has 1 saturated carbocycles. The van der Waals surface area contributed by atoms with Crippen LogP contribution in [0.3, 0.4) is 0 Å². The minimum absolute atomic E-state index is 0.0605. The Morgan fingerprint density at radius 3 is 2.67 bits per heavy atom. The molecule has 1 fully saturated rings. The standard InChI is InChI=1S/C15H20N2O2S2/c1-20-15(9-5-10-15)12-17-21(18,19)14-8-3-2-6-13(14)7-4-11-16/h2-3,6,8,17H,5,9-12,16H2,1H3. The number of nitrogens with one attached hydrogen (secondary N) is 1. The predicted octanol–water partition coefficient (Wildman–Crippen LogP) is 1.56. The van der Waals surface area contributed by atoms with E-state index in [1.165, 1.54) is 6.42 Å². The SMILES string of the molecule is CSC1(CNS(=O)(=O)c2ccccc2C#CCN)CCC1. The molecule has 0 bridgehead atoms. The third-order valence-corrected chi connectivity index (χ3v) is 6.66. The largest absolute Gasteiger partial charge is 0.320 e. The van der Waals surface area contributed by atoms with Crippen molar-refractivity contribution in [1.29, 1.82) is 0 Å². The third kappa shape index (κ3) is 3.80. The summed E-state index contributed by atoms with van der Waals surface area (Å²) < 4.78 is 27.8. The summed E-state index contributed by atoms with van der Waals surface area (Å²) in [6.45, 7) is 0.673. The van der Waals surface area contributed by atoms with E-state index in [0.717, 1.165) is 12.8 Å². The second kappa shape index (κ2) is 6.84. The second-order valence-corrected chi connectivity index (χ2v) is 8.08. The fourth-order valence-corrected chi connectivity index (χ4v) is 4.57. The van der Waals surface area contributed by atoms with Crippen LogP contribution in [-0.4, -0.2) is 32.5 Å². The van der Waals surface area contributed by atoms with Crippen molar-refractivity contribution in [1.82, 2.24) is 4.72 Å². The van der Waals surface area contributed by atoms with Crippen LogP contribution in [0.4, 0.5) is 0 Å². The van der Waals surface area contributed by atoms with E-state index in [1.807, 2.05) is 6.26 Å². The Kier molecular flexibility index (Phi) is 5.33. The molecule has 1 aromatic carbocycles. The average Bonchev–Trinajstić information content (AvgIpc) is 2.44. The molecule has 6 heteroatoms. The smallest absolute Gasteiger partial charge is 0.241 e. The normalized spacial score (nSPS) is 16.7. The van der Waals surface area contributed by atoms with Gasteiger partial charge in [-0.2, -0.15) is 11.8 Å². The lowest BCUT2D eigenvalue weighted by Crippen LogP contribution is -2.45. The molecule has 114 valence electrons. The van der Waals surface area contributed by atoms with Gasteiger partial charge in [0.1, 0.15) is 0 Å². The van der Waals surface area contributed by atoms with Gasteiger partial charge in [0.15, 0.2) is 0 Å². The molecule has 0 radical (unpaired) electrons. The molecule has 4 nitrogen and oxygen atoms in total. The number of hydrogen-bond donors (Lipinski definition) is 2. The molecule has 2 rings (SSSR count). The summed E-state index contributed by atoms with van der Waals surface area (Å²) in [4.78, 5) is 0.224. The molecular weight excluding hydrogens is 304 g/mol. The summed E-state index contributed by atoms with van der Waals surface area (Å²) >= 11 is 1.74. The van der Waals surface area contributed by atoms with Crippen LogP contribution in [0.25, 0.3) is 0 Å². The van der Waals surface area contributed by atoms with Crippen molar-refractivity contribution in [2.75, 3.05) is 19.3 Å². The molecule has 0 unspecified atom stereocenters. The van der Waals surface area contributed by atoms with Crippen LogP contribution in [0.5, 0.6) is 0 Å². The van der Waals surface area contributed by atoms with Crippen LogP contribution in [0, 0.1) is 11.8 Å². The highest BCUT2D eigenvalue weighted by molar-refractivity contribution is 8.00. The summed E-state index contributed by atoms with van der Waals surface area (Å²) in [5.41, 5.74) is 5.84. The maximum absolute atomic E-state index is 12.5. The van der Waals surface area contributed by atoms with E-state index in [2.05, 4.69) is 16.6 Å². The molecule has 0 saturated heterocycles. The van der Waals surface area contributed by atoms with Gasteiger partial charge < -0.3 is 5.73 Å². The van der Waals surface area contributed by atoms with Crippen molar-refractivity contribution in [2.24, 2.45) is 5.73 Å². The minimum Gasteiger partial charge on any atom is -0.320 e. The van der Waals surface area contributed by atoms with E-state index in [0.29, 0.717) is 12.1 Å². The minimum atomic E-state index is -3.55. The van der Waals surface area contributed by atoms with Gasteiger partial charge in [0.25, 0.3) is 0 Å². The fraction of sp³-hybridized carbons (Fsp3) is 0.467. The van der Waals surface area contributed by atoms with Crippen molar-refractivity contribution in [2.45, 2.75) is 28.9 Å². The van der Waals surface area contributed by atoms with E-state index in [-0.39, 0.29) is 16.2 Å². The monoisotopic (exact) mass is 324 g/mol. The number of thioether (sulfide) groups is 1. The van der Waals surface area contributed by atoms with Crippen LogP contribution >= 0.6 is 11.8 Å². The van der Waals surface area contributed by atoms with E-state index < -0.39 is 10.0 Å². The van der Waals surface area contributed by atoms with Crippen LogP contribution < -0.4 is 10.5 Å². The Morgan fingerprint density at radius 2 is 2.10 bits per heavy atom. The third-order valence-electron chi connectivity index (χ3n) is 3.78. The summed E-state index contributed by atoms with van der Waals surface area (Å²) in [7, 11) is -3.55.